The van der Waals surface area contributed by atoms with Crippen molar-refractivity contribution in [1.82, 2.24) is 10.4 Å². The second-order valence-electron chi connectivity index (χ2n) is 10.2. The zero-order valence-corrected chi connectivity index (χ0v) is 21.4. The van der Waals surface area contributed by atoms with Crippen LogP contribution in [0.1, 0.15) is 72.9 Å². The van der Waals surface area contributed by atoms with Crippen LogP contribution in [-0.4, -0.2) is 16.7 Å². The summed E-state index contributed by atoms with van der Waals surface area (Å²) in [4.78, 5) is 0. The van der Waals surface area contributed by atoms with Crippen LogP contribution in [-0.2, 0) is 31.1 Å². The first-order chi connectivity index (χ1) is 16.5. The summed E-state index contributed by atoms with van der Waals surface area (Å²) in [5, 5.41) is 28.0. The van der Waals surface area contributed by atoms with Crippen molar-refractivity contribution in [1.29, 1.82) is 4.78 Å². The summed E-state index contributed by atoms with van der Waals surface area (Å²) in [6.45, 7) is 7.84. The van der Waals surface area contributed by atoms with Crippen LogP contribution in [0.4, 0.5) is 0 Å². The van der Waals surface area contributed by atoms with E-state index in [-0.39, 0.29) is 6.54 Å². The molecule has 0 bridgehead atoms. The van der Waals surface area contributed by atoms with Gasteiger partial charge in [0.25, 0.3) is 0 Å². The summed E-state index contributed by atoms with van der Waals surface area (Å²) < 4.78 is 20.7. The third kappa shape index (κ3) is 4.79. The lowest BCUT2D eigenvalue weighted by molar-refractivity contribution is -0.266. The van der Waals surface area contributed by atoms with E-state index < -0.39 is 39.1 Å². The minimum Gasteiger partial charge on any atom is -0.444 e. The van der Waals surface area contributed by atoms with Gasteiger partial charge in [-0.2, -0.15) is 10.6 Å². The monoisotopic (exact) mass is 491 g/mol. The molecular weight excluding hydrogens is 458 g/mol. The van der Waals surface area contributed by atoms with Gasteiger partial charge in [0.2, 0.25) is 0 Å². The van der Waals surface area contributed by atoms with Crippen LogP contribution < -0.4 is 5.32 Å². The third-order valence-electron chi connectivity index (χ3n) is 7.11. The first-order valence-corrected chi connectivity index (χ1v) is 13.0. The molecule has 1 aliphatic heterocycles. The summed E-state index contributed by atoms with van der Waals surface area (Å²) in [7, 11) is -1.90. The molecule has 0 aliphatic carbocycles. The number of rotatable bonds is 8. The van der Waals surface area contributed by atoms with Crippen molar-refractivity contribution in [3.05, 3.63) is 107 Å². The van der Waals surface area contributed by atoms with E-state index in [1.54, 1.807) is 0 Å². The van der Waals surface area contributed by atoms with E-state index >= 15 is 0 Å². The molecular formula is C28H33N3O3S-. The number of hydrogen-bond donors (Lipinski definition) is 3. The largest absolute Gasteiger partial charge is 0.444 e. The van der Waals surface area contributed by atoms with Gasteiger partial charge in [-0.15, -0.1) is 10.3 Å². The van der Waals surface area contributed by atoms with Crippen molar-refractivity contribution >= 4 is 10.6 Å². The molecule has 1 unspecified atom stereocenters. The molecule has 6 nitrogen and oxygen atoms in total. The highest BCUT2D eigenvalue weighted by atomic mass is 32.2. The molecule has 0 fully saturated rings. The predicted molar refractivity (Wildman–Crippen MR) is 137 cm³/mol. The Bertz CT molecular complexity index is 1230. The lowest BCUT2D eigenvalue weighted by Gasteiger charge is -2.32. The fraction of sp³-hybridized carbons (Fsp3) is 0.357. The number of nitrogens with zero attached hydrogens (tertiary/aromatic N) is 1. The molecule has 35 heavy (non-hydrogen) atoms. The number of benzene rings is 3. The zero-order valence-electron chi connectivity index (χ0n) is 20.6. The molecule has 1 heterocycles. The SMILES string of the molecule is CC1(C)c2ccc([C@@H](O)CN[C@H](c3ccccc3)C(c3ccccc3)[S-](=N)=O)cc2C(C)(C)N1[O]. The van der Waals surface area contributed by atoms with E-state index in [1.165, 1.54) is 0 Å². The molecule has 1 radical (unpaired) electrons. The molecule has 0 saturated carbocycles. The maximum Gasteiger partial charge on any atom is 0.0914 e. The second kappa shape index (κ2) is 9.84. The van der Waals surface area contributed by atoms with Crippen LogP contribution in [0.5, 0.6) is 0 Å². The Morgan fingerprint density at radius 2 is 1.40 bits per heavy atom. The smallest absolute Gasteiger partial charge is 0.0914 e. The topological polar surface area (TPSA) is 96.3 Å². The van der Waals surface area contributed by atoms with Gasteiger partial charge < -0.3 is 19.4 Å². The molecule has 3 aromatic rings. The van der Waals surface area contributed by atoms with Crippen LogP contribution >= 0.6 is 0 Å². The Hall–Kier alpha value is -2.55. The number of nitrogens with one attached hydrogen (secondary N) is 2. The third-order valence-corrected chi connectivity index (χ3v) is 8.12. The molecule has 3 N–H and O–H groups in total. The van der Waals surface area contributed by atoms with Crippen LogP contribution in [0.25, 0.3) is 0 Å². The predicted octanol–water partition coefficient (Wildman–Crippen LogP) is 5.65. The molecule has 3 aromatic carbocycles. The summed E-state index contributed by atoms with van der Waals surface area (Å²) >= 11 is 0. The highest BCUT2D eigenvalue weighted by molar-refractivity contribution is 7.73. The van der Waals surface area contributed by atoms with Crippen molar-refractivity contribution in [3.63, 3.8) is 0 Å². The number of fused-ring (bicyclic) bond motifs is 1. The maximum absolute atomic E-state index is 12.9. The van der Waals surface area contributed by atoms with E-state index in [2.05, 4.69) is 5.32 Å². The first kappa shape index (κ1) is 25.5. The number of aliphatic hydroxyl groups is 1. The standard InChI is InChI=1S/C28H33N3O3S/c1-27(2)22-16-15-21(17-23(22)28(3,4)31(27)33)24(32)18-30-25(19-11-7-5-8-12-19)26(35(29)34)20-13-9-6-10-14-20/h5-17,24-26,29-30,32H,18H2,1-4H3/q-1/t24-,25+,26?/m0/s1. The molecule has 3 atom stereocenters. The van der Waals surface area contributed by atoms with E-state index in [9.17, 15) is 14.5 Å². The average molecular weight is 492 g/mol. The fourth-order valence-electron chi connectivity index (χ4n) is 5.23. The molecule has 0 saturated heterocycles. The summed E-state index contributed by atoms with van der Waals surface area (Å²) in [6, 6.07) is 24.3. The fourth-order valence-corrected chi connectivity index (χ4v) is 6.13. The van der Waals surface area contributed by atoms with E-state index in [4.69, 9.17) is 4.78 Å². The molecule has 7 heteroatoms. The minimum atomic E-state index is -1.90. The Labute approximate surface area is 209 Å². The highest BCUT2D eigenvalue weighted by Gasteiger charge is 2.50. The van der Waals surface area contributed by atoms with Gasteiger partial charge in [0.05, 0.1) is 17.2 Å². The lowest BCUT2D eigenvalue weighted by Crippen LogP contribution is -2.41. The van der Waals surface area contributed by atoms with Gasteiger partial charge >= 0.3 is 0 Å². The van der Waals surface area contributed by atoms with Gasteiger partial charge in [0.15, 0.2) is 0 Å². The normalized spacial score (nSPS) is 19.3. The van der Waals surface area contributed by atoms with Crippen molar-refractivity contribution < 1.29 is 14.5 Å². The van der Waals surface area contributed by atoms with E-state index in [0.29, 0.717) is 5.56 Å². The maximum atomic E-state index is 12.9. The second-order valence-corrected chi connectivity index (χ2v) is 11.3. The van der Waals surface area contributed by atoms with Gasteiger partial charge in [0.1, 0.15) is 0 Å². The Morgan fingerprint density at radius 1 is 0.857 bits per heavy atom. The van der Waals surface area contributed by atoms with Crippen molar-refractivity contribution in [2.24, 2.45) is 0 Å². The zero-order chi connectivity index (χ0) is 25.4. The number of hydroxylamine groups is 2. The Balaban J connectivity index is 1.63. The lowest BCUT2D eigenvalue weighted by atomic mass is 9.88. The first-order valence-electron chi connectivity index (χ1n) is 11.8. The molecule has 4 rings (SSSR count). The van der Waals surface area contributed by atoms with Gasteiger partial charge in [-0.05, 0) is 55.2 Å². The Kier molecular flexibility index (Phi) is 7.18. The summed E-state index contributed by atoms with van der Waals surface area (Å²) in [5.41, 5.74) is 2.96. The van der Waals surface area contributed by atoms with Gasteiger partial charge in [0, 0.05) is 12.6 Å². The van der Waals surface area contributed by atoms with Crippen molar-refractivity contribution in [3.8, 4) is 0 Å². The molecule has 0 amide bonds. The molecule has 1 aliphatic rings. The molecule has 0 spiro atoms. The van der Waals surface area contributed by atoms with E-state index in [0.717, 1.165) is 27.3 Å². The molecule has 185 valence electrons. The number of hydrogen-bond acceptors (Lipinski definition) is 6. The van der Waals surface area contributed by atoms with Crippen LogP contribution in [0.2, 0.25) is 0 Å². The highest BCUT2D eigenvalue weighted by Crippen LogP contribution is 2.48. The van der Waals surface area contributed by atoms with Crippen LogP contribution in [0, 0.1) is 4.78 Å². The van der Waals surface area contributed by atoms with Crippen molar-refractivity contribution in [2.75, 3.05) is 6.54 Å². The van der Waals surface area contributed by atoms with Gasteiger partial charge in [-0.3, -0.25) is 0 Å². The van der Waals surface area contributed by atoms with Crippen LogP contribution in [0.15, 0.2) is 78.9 Å². The Morgan fingerprint density at radius 3 is 1.97 bits per heavy atom. The van der Waals surface area contributed by atoms with Crippen molar-refractivity contribution in [2.45, 2.75) is 56.2 Å². The van der Waals surface area contributed by atoms with Crippen LogP contribution in [0.3, 0.4) is 0 Å². The average Bonchev–Trinajstić information content (AvgIpc) is 2.99. The quantitative estimate of drug-likeness (QED) is 0.355. The van der Waals surface area contributed by atoms with Gasteiger partial charge in [-0.1, -0.05) is 84.4 Å². The minimum absolute atomic E-state index is 0.198. The summed E-state index contributed by atoms with van der Waals surface area (Å²) in [5.74, 6) is 0. The number of aliphatic hydroxyl groups excluding tert-OH is 1. The van der Waals surface area contributed by atoms with E-state index in [1.807, 2.05) is 107 Å². The van der Waals surface area contributed by atoms with Gasteiger partial charge in [-0.25, -0.2) is 0 Å². The molecule has 0 aromatic heterocycles. The summed E-state index contributed by atoms with van der Waals surface area (Å²) in [6.07, 6.45) is -0.846.